The Morgan fingerprint density at radius 2 is 2.21 bits per heavy atom. The van der Waals surface area contributed by atoms with Gasteiger partial charge in [0.1, 0.15) is 0 Å². The molecule has 0 saturated heterocycles. The van der Waals surface area contributed by atoms with Gasteiger partial charge in [-0.25, -0.2) is 0 Å². The molecule has 1 unspecified atom stereocenters. The lowest BCUT2D eigenvalue weighted by atomic mass is 10.0. The van der Waals surface area contributed by atoms with Crippen LogP contribution in [0.5, 0.6) is 0 Å². The summed E-state index contributed by atoms with van der Waals surface area (Å²) in [6.07, 6.45) is 3.63. The van der Waals surface area contributed by atoms with Gasteiger partial charge in [-0.2, -0.15) is 0 Å². The number of carboxylic acids is 1. The van der Waals surface area contributed by atoms with Gasteiger partial charge in [0.25, 0.3) is 0 Å². The van der Waals surface area contributed by atoms with E-state index in [1.54, 1.807) is 0 Å². The standard InChI is InChI=1S/C14H16N2O3/c17-9-16-11(5-6-14(18)19)7-10-8-15-13-4-2-1-3-12(10)13/h1-4,8-9,11,15H,5-7H2,(H,16,17)(H,18,19). The molecule has 0 spiro atoms. The predicted octanol–water partition coefficient (Wildman–Crippen LogP) is 1.69. The van der Waals surface area contributed by atoms with Gasteiger partial charge in [0.05, 0.1) is 0 Å². The topological polar surface area (TPSA) is 82.2 Å². The third-order valence-corrected chi connectivity index (χ3v) is 3.15. The van der Waals surface area contributed by atoms with Gasteiger partial charge in [0.2, 0.25) is 6.41 Å². The van der Waals surface area contributed by atoms with Crippen molar-refractivity contribution in [2.75, 3.05) is 0 Å². The maximum absolute atomic E-state index is 10.6. The number of carboxylic acid groups (broad SMARTS) is 1. The molecule has 1 aromatic heterocycles. The van der Waals surface area contributed by atoms with Crippen molar-refractivity contribution in [1.29, 1.82) is 0 Å². The summed E-state index contributed by atoms with van der Waals surface area (Å²) in [7, 11) is 0. The smallest absolute Gasteiger partial charge is 0.303 e. The molecule has 0 aliphatic carbocycles. The second-order valence-corrected chi connectivity index (χ2v) is 4.48. The van der Waals surface area contributed by atoms with Crippen LogP contribution in [0.25, 0.3) is 10.9 Å². The Bertz CT molecular complexity index is 577. The Morgan fingerprint density at radius 3 is 2.95 bits per heavy atom. The second kappa shape index (κ2) is 6.04. The number of carbonyl (C=O) groups excluding carboxylic acids is 1. The summed E-state index contributed by atoms with van der Waals surface area (Å²) in [6, 6.07) is 7.75. The van der Waals surface area contributed by atoms with Gasteiger partial charge >= 0.3 is 5.97 Å². The second-order valence-electron chi connectivity index (χ2n) is 4.48. The van der Waals surface area contributed by atoms with Crippen molar-refractivity contribution in [3.05, 3.63) is 36.0 Å². The molecular formula is C14H16N2O3. The van der Waals surface area contributed by atoms with Crippen LogP contribution in [0.1, 0.15) is 18.4 Å². The molecule has 3 N–H and O–H groups in total. The number of rotatable bonds is 7. The number of carbonyl (C=O) groups is 2. The number of H-pyrrole nitrogens is 1. The zero-order chi connectivity index (χ0) is 13.7. The monoisotopic (exact) mass is 260 g/mol. The SMILES string of the molecule is O=CNC(CCC(=O)O)Cc1c[nH]c2ccccc12. The van der Waals surface area contributed by atoms with Gasteiger partial charge < -0.3 is 15.4 Å². The van der Waals surface area contributed by atoms with Crippen LogP contribution in [0.2, 0.25) is 0 Å². The molecule has 0 bridgehead atoms. The largest absolute Gasteiger partial charge is 0.481 e. The fourth-order valence-corrected chi connectivity index (χ4v) is 2.20. The zero-order valence-electron chi connectivity index (χ0n) is 10.4. The molecule has 5 heteroatoms. The Labute approximate surface area is 110 Å². The molecule has 1 aromatic carbocycles. The number of benzene rings is 1. The average Bonchev–Trinajstić information content (AvgIpc) is 2.80. The first-order valence-electron chi connectivity index (χ1n) is 6.17. The fraction of sp³-hybridized carbons (Fsp3) is 0.286. The lowest BCUT2D eigenvalue weighted by Crippen LogP contribution is -2.30. The summed E-state index contributed by atoms with van der Waals surface area (Å²) in [6.45, 7) is 0. The summed E-state index contributed by atoms with van der Waals surface area (Å²) in [4.78, 5) is 24.4. The van der Waals surface area contributed by atoms with Crippen LogP contribution in [-0.4, -0.2) is 28.5 Å². The third-order valence-electron chi connectivity index (χ3n) is 3.15. The average molecular weight is 260 g/mol. The highest BCUT2D eigenvalue weighted by Gasteiger charge is 2.13. The van der Waals surface area contributed by atoms with Gasteiger partial charge in [0.15, 0.2) is 0 Å². The molecule has 0 saturated carbocycles. The molecule has 2 rings (SSSR count). The van der Waals surface area contributed by atoms with Crippen molar-refractivity contribution < 1.29 is 14.7 Å². The molecule has 100 valence electrons. The maximum Gasteiger partial charge on any atom is 0.303 e. The van der Waals surface area contributed by atoms with Gasteiger partial charge in [0, 0.05) is 29.6 Å². The van der Waals surface area contributed by atoms with Crippen LogP contribution in [0.4, 0.5) is 0 Å². The normalized spacial score (nSPS) is 12.2. The molecule has 0 aliphatic rings. The van der Waals surface area contributed by atoms with E-state index in [4.69, 9.17) is 5.11 Å². The van der Waals surface area contributed by atoms with Gasteiger partial charge in [-0.3, -0.25) is 9.59 Å². The van der Waals surface area contributed by atoms with Crippen LogP contribution in [0.3, 0.4) is 0 Å². The molecule has 5 nitrogen and oxygen atoms in total. The minimum Gasteiger partial charge on any atom is -0.481 e. The highest BCUT2D eigenvalue weighted by Crippen LogP contribution is 2.19. The Balaban J connectivity index is 2.11. The first kappa shape index (κ1) is 13.1. The van der Waals surface area contributed by atoms with Crippen molar-refractivity contribution in [3.63, 3.8) is 0 Å². The molecule has 0 radical (unpaired) electrons. The fourth-order valence-electron chi connectivity index (χ4n) is 2.20. The minimum absolute atomic E-state index is 0.0495. The number of amides is 1. The summed E-state index contributed by atoms with van der Waals surface area (Å²) >= 11 is 0. The number of aliphatic carboxylic acids is 1. The number of nitrogens with one attached hydrogen (secondary N) is 2. The molecule has 1 heterocycles. The quantitative estimate of drug-likeness (QED) is 0.662. The number of hydrogen-bond acceptors (Lipinski definition) is 2. The number of aromatic amines is 1. The minimum atomic E-state index is -0.850. The van der Waals surface area contributed by atoms with Crippen molar-refractivity contribution in [2.24, 2.45) is 0 Å². The molecule has 19 heavy (non-hydrogen) atoms. The molecule has 1 amide bonds. The van der Waals surface area contributed by atoms with Crippen LogP contribution < -0.4 is 5.32 Å². The van der Waals surface area contributed by atoms with E-state index >= 15 is 0 Å². The highest BCUT2D eigenvalue weighted by atomic mass is 16.4. The third kappa shape index (κ3) is 3.34. The van der Waals surface area contributed by atoms with E-state index in [1.165, 1.54) is 0 Å². The Morgan fingerprint density at radius 1 is 1.42 bits per heavy atom. The number of para-hydroxylation sites is 1. The van der Waals surface area contributed by atoms with Crippen LogP contribution in [0.15, 0.2) is 30.5 Å². The first-order chi connectivity index (χ1) is 9.20. The molecule has 1 atom stereocenters. The van der Waals surface area contributed by atoms with Crippen molar-refractivity contribution in [2.45, 2.75) is 25.3 Å². The first-order valence-corrected chi connectivity index (χ1v) is 6.17. The molecular weight excluding hydrogens is 244 g/mol. The van der Waals surface area contributed by atoms with Gasteiger partial charge in [-0.05, 0) is 24.5 Å². The maximum atomic E-state index is 10.6. The molecule has 2 aromatic rings. The van der Waals surface area contributed by atoms with E-state index in [2.05, 4.69) is 10.3 Å². The Hall–Kier alpha value is -2.30. The van der Waals surface area contributed by atoms with E-state index in [0.29, 0.717) is 19.3 Å². The summed E-state index contributed by atoms with van der Waals surface area (Å²) in [5.74, 6) is -0.850. The van der Waals surface area contributed by atoms with Crippen LogP contribution in [-0.2, 0) is 16.0 Å². The highest BCUT2D eigenvalue weighted by molar-refractivity contribution is 5.83. The summed E-state index contributed by atoms with van der Waals surface area (Å²) in [5.41, 5.74) is 2.13. The molecule has 0 fully saturated rings. The van der Waals surface area contributed by atoms with E-state index < -0.39 is 5.97 Å². The number of fused-ring (bicyclic) bond motifs is 1. The van der Waals surface area contributed by atoms with Crippen LogP contribution >= 0.6 is 0 Å². The predicted molar refractivity (Wildman–Crippen MR) is 71.9 cm³/mol. The lowest BCUT2D eigenvalue weighted by molar-refractivity contribution is -0.137. The molecule has 0 aliphatic heterocycles. The van der Waals surface area contributed by atoms with Crippen LogP contribution in [0, 0.1) is 0 Å². The van der Waals surface area contributed by atoms with E-state index in [9.17, 15) is 9.59 Å². The van der Waals surface area contributed by atoms with Crippen molar-refractivity contribution >= 4 is 23.3 Å². The van der Waals surface area contributed by atoms with E-state index in [1.807, 2.05) is 30.5 Å². The van der Waals surface area contributed by atoms with E-state index in [0.717, 1.165) is 16.5 Å². The van der Waals surface area contributed by atoms with Crippen molar-refractivity contribution in [1.82, 2.24) is 10.3 Å². The summed E-state index contributed by atoms with van der Waals surface area (Å²) < 4.78 is 0. The number of hydrogen-bond donors (Lipinski definition) is 3. The summed E-state index contributed by atoms with van der Waals surface area (Å²) in [5, 5.41) is 12.5. The Kier molecular flexibility index (Phi) is 4.18. The zero-order valence-corrected chi connectivity index (χ0v) is 10.4. The van der Waals surface area contributed by atoms with Gasteiger partial charge in [-0.1, -0.05) is 18.2 Å². The van der Waals surface area contributed by atoms with Gasteiger partial charge in [-0.15, -0.1) is 0 Å². The van der Waals surface area contributed by atoms with Crippen molar-refractivity contribution in [3.8, 4) is 0 Å². The van der Waals surface area contributed by atoms with E-state index in [-0.39, 0.29) is 12.5 Å². The number of aromatic nitrogens is 1. The lowest BCUT2D eigenvalue weighted by Gasteiger charge is -2.14.